The number of benzene rings is 1. The van der Waals surface area contributed by atoms with E-state index < -0.39 is 0 Å². The van der Waals surface area contributed by atoms with Crippen molar-refractivity contribution in [3.8, 4) is 6.07 Å². The van der Waals surface area contributed by atoms with Gasteiger partial charge in [0.1, 0.15) is 0 Å². The van der Waals surface area contributed by atoms with Crippen molar-refractivity contribution in [1.82, 2.24) is 0 Å². The van der Waals surface area contributed by atoms with E-state index in [1.54, 1.807) is 0 Å². The fraction of sp³-hybridized carbons (Fsp3) is 0.417. The van der Waals surface area contributed by atoms with Crippen molar-refractivity contribution in [1.29, 1.82) is 5.26 Å². The molecule has 0 fully saturated rings. The summed E-state index contributed by atoms with van der Waals surface area (Å²) in [6.07, 6.45) is 1.08. The monoisotopic (exact) mass is 203 g/mol. The summed E-state index contributed by atoms with van der Waals surface area (Å²) >= 11 is 0. The lowest BCUT2D eigenvalue weighted by atomic mass is 10.1. The highest BCUT2D eigenvalue weighted by atomic mass is 14.9. The van der Waals surface area contributed by atoms with Gasteiger partial charge >= 0.3 is 0 Å². The minimum Gasteiger partial charge on any atom is -0.385 e. The van der Waals surface area contributed by atoms with Gasteiger partial charge in [0.05, 0.1) is 11.6 Å². The van der Waals surface area contributed by atoms with E-state index in [9.17, 15) is 0 Å². The lowest BCUT2D eigenvalue weighted by Gasteiger charge is -2.13. The Kier molecular flexibility index (Phi) is 4.65. The van der Waals surface area contributed by atoms with Gasteiger partial charge in [-0.05, 0) is 36.7 Å². The molecule has 15 heavy (non-hydrogen) atoms. The van der Waals surface area contributed by atoms with Crippen molar-refractivity contribution in [2.75, 3.05) is 18.4 Å². The molecule has 1 rings (SSSR count). The Labute approximate surface area is 90.9 Å². The molecule has 1 aromatic carbocycles. The maximum absolute atomic E-state index is 8.64. The van der Waals surface area contributed by atoms with Gasteiger partial charge in [-0.2, -0.15) is 5.26 Å². The third-order valence-electron chi connectivity index (χ3n) is 2.52. The van der Waals surface area contributed by atoms with Gasteiger partial charge in [0, 0.05) is 12.2 Å². The Hall–Kier alpha value is -1.53. The van der Waals surface area contributed by atoms with E-state index in [0.29, 0.717) is 18.0 Å². The second-order valence-electron chi connectivity index (χ2n) is 3.58. The van der Waals surface area contributed by atoms with Crippen LogP contribution < -0.4 is 11.1 Å². The van der Waals surface area contributed by atoms with Gasteiger partial charge < -0.3 is 11.1 Å². The standard InChI is InChI=1S/C12H17N3/c1-2-10(7-13)9-15-12-5-3-11(8-14)4-6-12/h3-6,10,15H,2,7,9,13H2,1H3. The first-order chi connectivity index (χ1) is 7.30. The summed E-state index contributed by atoms with van der Waals surface area (Å²) in [7, 11) is 0. The SMILES string of the molecule is CCC(CN)CNc1ccc(C#N)cc1. The molecule has 1 atom stereocenters. The van der Waals surface area contributed by atoms with Crippen LogP contribution in [-0.4, -0.2) is 13.1 Å². The van der Waals surface area contributed by atoms with Gasteiger partial charge in [0.15, 0.2) is 0 Å². The Bertz CT molecular complexity index is 320. The van der Waals surface area contributed by atoms with E-state index in [1.165, 1.54) is 0 Å². The van der Waals surface area contributed by atoms with Gasteiger partial charge in [0.25, 0.3) is 0 Å². The first kappa shape index (κ1) is 11.5. The average molecular weight is 203 g/mol. The number of nitriles is 1. The van der Waals surface area contributed by atoms with Crippen LogP contribution in [0.1, 0.15) is 18.9 Å². The summed E-state index contributed by atoms with van der Waals surface area (Å²) in [6, 6.07) is 9.55. The predicted molar refractivity (Wildman–Crippen MR) is 62.5 cm³/mol. The van der Waals surface area contributed by atoms with Gasteiger partial charge in [-0.3, -0.25) is 0 Å². The molecule has 0 aromatic heterocycles. The number of nitrogens with one attached hydrogen (secondary N) is 1. The minimum atomic E-state index is 0.514. The van der Waals surface area contributed by atoms with Gasteiger partial charge in [-0.15, -0.1) is 0 Å². The van der Waals surface area contributed by atoms with Crippen LogP contribution in [0.15, 0.2) is 24.3 Å². The lowest BCUT2D eigenvalue weighted by Crippen LogP contribution is -2.21. The van der Waals surface area contributed by atoms with Crippen molar-refractivity contribution >= 4 is 5.69 Å². The molecule has 3 N–H and O–H groups in total. The fourth-order valence-corrected chi connectivity index (χ4v) is 1.32. The number of nitrogens with zero attached hydrogens (tertiary/aromatic N) is 1. The van der Waals surface area contributed by atoms with E-state index in [0.717, 1.165) is 18.7 Å². The molecule has 3 nitrogen and oxygen atoms in total. The summed E-state index contributed by atoms with van der Waals surface area (Å²) in [5, 5.41) is 11.9. The average Bonchev–Trinajstić information content (AvgIpc) is 2.31. The summed E-state index contributed by atoms with van der Waals surface area (Å²) in [5.74, 6) is 0.514. The molecule has 1 aromatic rings. The Morgan fingerprint density at radius 2 is 2.07 bits per heavy atom. The topological polar surface area (TPSA) is 61.8 Å². The molecule has 1 unspecified atom stereocenters. The van der Waals surface area contributed by atoms with Gasteiger partial charge in [-0.25, -0.2) is 0 Å². The van der Waals surface area contributed by atoms with E-state index in [2.05, 4.69) is 18.3 Å². The normalized spacial score (nSPS) is 11.8. The molecule has 3 heteroatoms. The highest BCUT2D eigenvalue weighted by molar-refractivity contribution is 5.47. The highest BCUT2D eigenvalue weighted by Gasteiger charge is 2.02. The molecule has 0 bridgehead atoms. The molecule has 0 saturated carbocycles. The molecule has 0 aliphatic rings. The molecular weight excluding hydrogens is 186 g/mol. The van der Waals surface area contributed by atoms with Crippen LogP contribution in [0.2, 0.25) is 0 Å². The number of nitrogens with two attached hydrogens (primary N) is 1. The zero-order valence-corrected chi connectivity index (χ0v) is 9.03. The number of hydrogen-bond acceptors (Lipinski definition) is 3. The Morgan fingerprint density at radius 1 is 1.40 bits per heavy atom. The second kappa shape index (κ2) is 6.05. The zero-order chi connectivity index (χ0) is 11.1. The Morgan fingerprint density at radius 3 is 2.53 bits per heavy atom. The maximum atomic E-state index is 8.64. The third kappa shape index (κ3) is 3.61. The van der Waals surface area contributed by atoms with Gasteiger partial charge in [-0.1, -0.05) is 13.3 Å². The third-order valence-corrected chi connectivity index (χ3v) is 2.52. The summed E-state index contributed by atoms with van der Waals surface area (Å²) < 4.78 is 0. The van der Waals surface area contributed by atoms with Crippen molar-refractivity contribution in [3.63, 3.8) is 0 Å². The number of anilines is 1. The van der Waals surface area contributed by atoms with Crippen molar-refractivity contribution < 1.29 is 0 Å². The van der Waals surface area contributed by atoms with E-state index >= 15 is 0 Å². The fourth-order valence-electron chi connectivity index (χ4n) is 1.32. The van der Waals surface area contributed by atoms with Crippen LogP contribution in [0.25, 0.3) is 0 Å². The highest BCUT2D eigenvalue weighted by Crippen LogP contribution is 2.10. The largest absolute Gasteiger partial charge is 0.385 e. The lowest BCUT2D eigenvalue weighted by molar-refractivity contribution is 0.548. The zero-order valence-electron chi connectivity index (χ0n) is 9.03. The molecule has 0 radical (unpaired) electrons. The first-order valence-electron chi connectivity index (χ1n) is 5.24. The smallest absolute Gasteiger partial charge is 0.0991 e. The Balaban J connectivity index is 2.48. The van der Waals surface area contributed by atoms with E-state index in [4.69, 9.17) is 11.0 Å². The van der Waals surface area contributed by atoms with Crippen molar-refractivity contribution in [2.45, 2.75) is 13.3 Å². The first-order valence-corrected chi connectivity index (χ1v) is 5.24. The molecule has 0 spiro atoms. The van der Waals surface area contributed by atoms with Crippen molar-refractivity contribution in [2.24, 2.45) is 11.7 Å². The minimum absolute atomic E-state index is 0.514. The van der Waals surface area contributed by atoms with Gasteiger partial charge in [0.2, 0.25) is 0 Å². The summed E-state index contributed by atoms with van der Waals surface area (Å²) in [6.45, 7) is 3.73. The van der Waals surface area contributed by atoms with E-state index in [1.807, 2.05) is 24.3 Å². The number of hydrogen-bond donors (Lipinski definition) is 2. The van der Waals surface area contributed by atoms with Crippen LogP contribution >= 0.6 is 0 Å². The molecule has 0 aliphatic heterocycles. The van der Waals surface area contributed by atoms with Crippen LogP contribution in [0.4, 0.5) is 5.69 Å². The summed E-state index contributed by atoms with van der Waals surface area (Å²) in [4.78, 5) is 0. The second-order valence-corrected chi connectivity index (χ2v) is 3.58. The summed E-state index contributed by atoms with van der Waals surface area (Å²) in [5.41, 5.74) is 7.34. The molecular formula is C12H17N3. The molecule has 0 saturated heterocycles. The van der Waals surface area contributed by atoms with Crippen LogP contribution in [-0.2, 0) is 0 Å². The molecule has 0 heterocycles. The molecule has 0 aliphatic carbocycles. The van der Waals surface area contributed by atoms with Crippen LogP contribution in [0.3, 0.4) is 0 Å². The molecule has 80 valence electrons. The van der Waals surface area contributed by atoms with Crippen LogP contribution in [0, 0.1) is 17.2 Å². The molecule has 0 amide bonds. The number of rotatable bonds is 5. The maximum Gasteiger partial charge on any atom is 0.0991 e. The predicted octanol–water partition coefficient (Wildman–Crippen LogP) is 1.96. The van der Waals surface area contributed by atoms with Crippen molar-refractivity contribution in [3.05, 3.63) is 29.8 Å². The quantitative estimate of drug-likeness (QED) is 0.769. The van der Waals surface area contributed by atoms with Crippen LogP contribution in [0.5, 0.6) is 0 Å². The van der Waals surface area contributed by atoms with E-state index in [-0.39, 0.29) is 0 Å².